The van der Waals surface area contributed by atoms with Gasteiger partial charge in [0.05, 0.1) is 13.1 Å². The van der Waals surface area contributed by atoms with Crippen LogP contribution in [0, 0.1) is 23.2 Å². The molecule has 4 fully saturated rings. The summed E-state index contributed by atoms with van der Waals surface area (Å²) in [6.45, 7) is -1.34. The van der Waals surface area contributed by atoms with Crippen LogP contribution in [0.15, 0.2) is 0 Å². The van der Waals surface area contributed by atoms with Gasteiger partial charge in [-0.3, -0.25) is 4.79 Å². The van der Waals surface area contributed by atoms with Gasteiger partial charge in [0.15, 0.2) is 0 Å². The molecule has 116 valence electrons. The van der Waals surface area contributed by atoms with Gasteiger partial charge in [-0.1, -0.05) is 0 Å². The van der Waals surface area contributed by atoms with Crippen molar-refractivity contribution >= 4 is 18.3 Å². The molecule has 1 amide bonds. The Labute approximate surface area is 124 Å². The monoisotopic (exact) mass is 308 g/mol. The predicted molar refractivity (Wildman–Crippen MR) is 74.9 cm³/mol. The molecule has 20 heavy (non-hydrogen) atoms. The number of hydrogen-bond donors (Lipinski definition) is 2. The second-order valence-electron chi connectivity index (χ2n) is 6.94. The van der Waals surface area contributed by atoms with Crippen molar-refractivity contribution in [1.82, 2.24) is 5.32 Å². The number of carbonyl (C=O) groups excluding carboxylic acids is 1. The van der Waals surface area contributed by atoms with Crippen molar-refractivity contribution in [1.29, 1.82) is 0 Å². The summed E-state index contributed by atoms with van der Waals surface area (Å²) >= 11 is 0. The molecule has 0 spiro atoms. The lowest BCUT2D eigenvalue weighted by atomic mass is 9.49. The van der Waals surface area contributed by atoms with Gasteiger partial charge in [-0.15, -0.1) is 12.4 Å². The SMILES string of the molecule is Cl.NCC(F)(F)CNC(=O)C12CC3CC(CC(C3)C1)C2. The van der Waals surface area contributed by atoms with Gasteiger partial charge in [-0.2, -0.15) is 0 Å². The van der Waals surface area contributed by atoms with Crippen LogP contribution in [-0.2, 0) is 4.79 Å². The minimum absolute atomic E-state index is 0. The van der Waals surface area contributed by atoms with E-state index in [0.717, 1.165) is 19.3 Å². The van der Waals surface area contributed by atoms with E-state index in [2.05, 4.69) is 5.32 Å². The summed E-state index contributed by atoms with van der Waals surface area (Å²) in [6, 6.07) is 0. The third-order valence-electron chi connectivity index (χ3n) is 5.33. The molecule has 0 saturated heterocycles. The maximum atomic E-state index is 13.1. The first-order valence-electron chi connectivity index (χ1n) is 7.29. The van der Waals surface area contributed by atoms with Gasteiger partial charge in [0.25, 0.3) is 5.92 Å². The number of hydrogen-bond acceptors (Lipinski definition) is 2. The molecule has 0 atom stereocenters. The zero-order chi connectivity index (χ0) is 13.7. The summed E-state index contributed by atoms with van der Waals surface area (Å²) in [4.78, 5) is 12.4. The van der Waals surface area contributed by atoms with E-state index in [1.807, 2.05) is 0 Å². The summed E-state index contributed by atoms with van der Waals surface area (Å²) in [6.07, 6.45) is 6.43. The van der Waals surface area contributed by atoms with Crippen molar-refractivity contribution in [3.05, 3.63) is 0 Å². The first-order chi connectivity index (χ1) is 8.92. The molecule has 4 bridgehead atoms. The lowest BCUT2D eigenvalue weighted by Crippen LogP contribution is -2.55. The van der Waals surface area contributed by atoms with Gasteiger partial charge in [-0.25, -0.2) is 8.78 Å². The molecule has 0 aromatic carbocycles. The normalized spacial score (nSPS) is 38.5. The fraction of sp³-hybridized carbons (Fsp3) is 0.929. The van der Waals surface area contributed by atoms with Crippen LogP contribution in [-0.4, -0.2) is 24.9 Å². The minimum Gasteiger partial charge on any atom is -0.350 e. The standard InChI is InChI=1S/C14H22F2N2O.ClH/c15-14(16,7-17)8-18-12(19)13-4-9-1-10(5-13)3-11(2-9)6-13;/h9-11H,1-8,17H2,(H,18,19);1H. The van der Waals surface area contributed by atoms with E-state index in [1.165, 1.54) is 19.3 Å². The van der Waals surface area contributed by atoms with Crippen molar-refractivity contribution in [3.8, 4) is 0 Å². The molecule has 3 N–H and O–H groups in total. The van der Waals surface area contributed by atoms with Crippen LogP contribution in [0.2, 0.25) is 0 Å². The molecular weight excluding hydrogens is 286 g/mol. The molecule has 0 heterocycles. The van der Waals surface area contributed by atoms with Crippen LogP contribution < -0.4 is 11.1 Å². The van der Waals surface area contributed by atoms with Crippen LogP contribution >= 0.6 is 12.4 Å². The van der Waals surface area contributed by atoms with E-state index < -0.39 is 19.0 Å². The first-order valence-corrected chi connectivity index (χ1v) is 7.29. The summed E-state index contributed by atoms with van der Waals surface area (Å²) in [5, 5.41) is 2.46. The van der Waals surface area contributed by atoms with Gasteiger partial charge in [0, 0.05) is 5.41 Å². The van der Waals surface area contributed by atoms with Gasteiger partial charge in [0.1, 0.15) is 0 Å². The average molecular weight is 309 g/mol. The Kier molecular flexibility index (Phi) is 4.32. The number of halogens is 3. The number of alkyl halides is 2. The molecule has 3 nitrogen and oxygen atoms in total. The van der Waals surface area contributed by atoms with Crippen LogP contribution in [0.3, 0.4) is 0 Å². The van der Waals surface area contributed by atoms with E-state index in [-0.39, 0.29) is 23.7 Å². The second-order valence-corrected chi connectivity index (χ2v) is 6.94. The van der Waals surface area contributed by atoms with Gasteiger partial charge in [0.2, 0.25) is 5.91 Å². The topological polar surface area (TPSA) is 55.1 Å². The molecule has 4 saturated carbocycles. The van der Waals surface area contributed by atoms with Gasteiger partial charge >= 0.3 is 0 Å². The summed E-state index contributed by atoms with van der Waals surface area (Å²) < 4.78 is 26.3. The summed E-state index contributed by atoms with van der Waals surface area (Å²) in [5.74, 6) is -1.21. The maximum Gasteiger partial charge on any atom is 0.277 e. The number of carbonyl (C=O) groups is 1. The first kappa shape index (κ1) is 16.0. The third-order valence-corrected chi connectivity index (χ3v) is 5.33. The highest BCUT2D eigenvalue weighted by atomic mass is 35.5. The highest BCUT2D eigenvalue weighted by Crippen LogP contribution is 2.60. The predicted octanol–water partition coefficient (Wildman–Crippen LogP) is 2.33. The van der Waals surface area contributed by atoms with E-state index >= 15 is 0 Å². The van der Waals surface area contributed by atoms with E-state index in [4.69, 9.17) is 5.73 Å². The average Bonchev–Trinajstić information content (AvgIpc) is 2.34. The van der Waals surface area contributed by atoms with Crippen molar-refractivity contribution in [3.63, 3.8) is 0 Å². The molecule has 6 heteroatoms. The Hall–Kier alpha value is -0.420. The number of nitrogens with one attached hydrogen (secondary N) is 1. The largest absolute Gasteiger partial charge is 0.350 e. The highest BCUT2D eigenvalue weighted by Gasteiger charge is 2.54. The fourth-order valence-electron chi connectivity index (χ4n) is 4.86. The zero-order valence-corrected chi connectivity index (χ0v) is 12.4. The van der Waals surface area contributed by atoms with E-state index in [1.54, 1.807) is 0 Å². The van der Waals surface area contributed by atoms with Crippen LogP contribution in [0.5, 0.6) is 0 Å². The quantitative estimate of drug-likeness (QED) is 0.837. The Morgan fingerprint density at radius 2 is 1.60 bits per heavy atom. The number of amides is 1. The number of nitrogens with two attached hydrogens (primary N) is 1. The molecule has 0 radical (unpaired) electrons. The lowest BCUT2D eigenvalue weighted by Gasteiger charge is -2.55. The van der Waals surface area contributed by atoms with Crippen molar-refractivity contribution in [2.75, 3.05) is 13.1 Å². The molecular formula is C14H23ClF2N2O. The van der Waals surface area contributed by atoms with E-state index in [0.29, 0.717) is 17.8 Å². The Morgan fingerprint density at radius 1 is 1.15 bits per heavy atom. The smallest absolute Gasteiger partial charge is 0.277 e. The zero-order valence-electron chi connectivity index (χ0n) is 11.5. The number of rotatable bonds is 4. The molecule has 4 aliphatic rings. The Morgan fingerprint density at radius 3 is 2.00 bits per heavy atom. The molecule has 4 aliphatic carbocycles. The van der Waals surface area contributed by atoms with Crippen LogP contribution in [0.1, 0.15) is 38.5 Å². The highest BCUT2D eigenvalue weighted by molar-refractivity contribution is 5.85. The maximum absolute atomic E-state index is 13.1. The van der Waals surface area contributed by atoms with Crippen molar-refractivity contribution in [2.24, 2.45) is 28.9 Å². The van der Waals surface area contributed by atoms with Gasteiger partial charge < -0.3 is 11.1 Å². The Bertz CT molecular complexity index is 354. The van der Waals surface area contributed by atoms with Crippen molar-refractivity contribution in [2.45, 2.75) is 44.4 Å². The Balaban J connectivity index is 0.00000147. The van der Waals surface area contributed by atoms with Crippen LogP contribution in [0.4, 0.5) is 8.78 Å². The minimum atomic E-state index is -2.99. The molecule has 0 aromatic heterocycles. The molecule has 4 rings (SSSR count). The van der Waals surface area contributed by atoms with E-state index in [9.17, 15) is 13.6 Å². The molecule has 0 aromatic rings. The van der Waals surface area contributed by atoms with Gasteiger partial charge in [-0.05, 0) is 56.3 Å². The summed E-state index contributed by atoms with van der Waals surface area (Å²) in [7, 11) is 0. The fourth-order valence-corrected chi connectivity index (χ4v) is 4.86. The molecule has 0 aliphatic heterocycles. The van der Waals surface area contributed by atoms with Crippen molar-refractivity contribution < 1.29 is 13.6 Å². The second kappa shape index (κ2) is 5.41. The molecule has 0 unspecified atom stereocenters. The third kappa shape index (κ3) is 2.80. The summed E-state index contributed by atoms with van der Waals surface area (Å²) in [5.41, 5.74) is 4.65. The lowest BCUT2D eigenvalue weighted by molar-refractivity contribution is -0.147. The van der Waals surface area contributed by atoms with Crippen LogP contribution in [0.25, 0.3) is 0 Å².